The molecule has 158 valence electrons. The minimum absolute atomic E-state index is 0.0265. The maximum Gasteiger partial charge on any atom is 0.337 e. The molecule has 1 aromatic carbocycles. The van der Waals surface area contributed by atoms with Gasteiger partial charge >= 0.3 is 5.69 Å². The van der Waals surface area contributed by atoms with Crippen LogP contribution >= 0.6 is 0 Å². The topological polar surface area (TPSA) is 78.9 Å². The van der Waals surface area contributed by atoms with E-state index in [1.807, 2.05) is 20.8 Å². The van der Waals surface area contributed by atoms with Gasteiger partial charge in [-0.25, -0.2) is 18.7 Å². The normalized spacial score (nSPS) is 15.2. The van der Waals surface area contributed by atoms with Crippen molar-refractivity contribution in [2.45, 2.75) is 59.0 Å². The molecule has 3 aromatic rings. The fourth-order valence-electron chi connectivity index (χ4n) is 4.00. The van der Waals surface area contributed by atoms with Crippen molar-refractivity contribution in [3.05, 3.63) is 57.2 Å². The standard InChI is InChI=1S/C22H25FN4O3/c1-22(2,3)17(28)12-25-13-24-19-18(25)20(29)27(15-8-4-5-9-15)21(30)26(19)16-10-6-7-14(23)11-16/h6-7,10-11,13,15H,4-5,8-9,12H2,1-3H3. The van der Waals surface area contributed by atoms with Crippen molar-refractivity contribution in [2.24, 2.45) is 5.41 Å². The summed E-state index contributed by atoms with van der Waals surface area (Å²) in [5.41, 5.74) is -0.955. The Hall–Kier alpha value is -3.03. The van der Waals surface area contributed by atoms with Crippen LogP contribution in [0.3, 0.4) is 0 Å². The van der Waals surface area contributed by atoms with Crippen LogP contribution in [0.1, 0.15) is 52.5 Å². The molecule has 0 saturated heterocycles. The Kier molecular flexibility index (Phi) is 4.95. The number of fused-ring (bicyclic) bond motifs is 1. The third-order valence-corrected chi connectivity index (χ3v) is 5.76. The second kappa shape index (κ2) is 7.34. The molecule has 0 radical (unpaired) electrons. The first-order chi connectivity index (χ1) is 14.2. The number of benzene rings is 1. The number of hydrogen-bond acceptors (Lipinski definition) is 4. The number of carbonyl (C=O) groups is 1. The van der Waals surface area contributed by atoms with Crippen LogP contribution in [-0.2, 0) is 11.3 Å². The summed E-state index contributed by atoms with van der Waals surface area (Å²) >= 11 is 0. The van der Waals surface area contributed by atoms with E-state index >= 15 is 0 Å². The predicted molar refractivity (Wildman–Crippen MR) is 112 cm³/mol. The summed E-state index contributed by atoms with van der Waals surface area (Å²) in [6, 6.07) is 5.43. The van der Waals surface area contributed by atoms with E-state index in [0.717, 1.165) is 25.7 Å². The van der Waals surface area contributed by atoms with Gasteiger partial charge in [0.05, 0.1) is 18.6 Å². The Morgan fingerprint density at radius 3 is 2.53 bits per heavy atom. The smallest absolute Gasteiger partial charge is 0.317 e. The Morgan fingerprint density at radius 2 is 1.90 bits per heavy atom. The number of imidazole rings is 1. The number of aromatic nitrogens is 4. The Labute approximate surface area is 172 Å². The molecule has 0 unspecified atom stereocenters. The number of ketones is 1. The lowest BCUT2D eigenvalue weighted by Gasteiger charge is -2.18. The van der Waals surface area contributed by atoms with Gasteiger partial charge in [-0.15, -0.1) is 0 Å². The summed E-state index contributed by atoms with van der Waals surface area (Å²) in [6.45, 7) is 5.41. The van der Waals surface area contributed by atoms with Crippen molar-refractivity contribution in [3.63, 3.8) is 0 Å². The first-order valence-corrected chi connectivity index (χ1v) is 10.2. The highest BCUT2D eigenvalue weighted by Crippen LogP contribution is 2.28. The van der Waals surface area contributed by atoms with Crippen LogP contribution < -0.4 is 11.2 Å². The van der Waals surface area contributed by atoms with Crippen LogP contribution in [0.25, 0.3) is 16.9 Å². The van der Waals surface area contributed by atoms with E-state index in [-0.39, 0.29) is 29.5 Å². The fourth-order valence-corrected chi connectivity index (χ4v) is 4.00. The maximum atomic E-state index is 13.9. The molecule has 0 atom stereocenters. The molecule has 1 fully saturated rings. The minimum atomic E-state index is -0.585. The largest absolute Gasteiger partial charge is 0.337 e. The molecule has 0 amide bonds. The van der Waals surface area contributed by atoms with E-state index in [9.17, 15) is 18.8 Å². The van der Waals surface area contributed by atoms with E-state index in [0.29, 0.717) is 5.69 Å². The summed E-state index contributed by atoms with van der Waals surface area (Å²) in [5.74, 6) is -0.550. The monoisotopic (exact) mass is 412 g/mol. The highest BCUT2D eigenvalue weighted by Gasteiger charge is 2.28. The summed E-state index contributed by atoms with van der Waals surface area (Å²) in [5, 5.41) is 0. The van der Waals surface area contributed by atoms with E-state index in [2.05, 4.69) is 4.98 Å². The summed E-state index contributed by atoms with van der Waals surface area (Å²) < 4.78 is 18.0. The van der Waals surface area contributed by atoms with E-state index in [1.165, 1.54) is 38.2 Å². The fraction of sp³-hybridized carbons (Fsp3) is 0.455. The number of nitrogens with zero attached hydrogens (tertiary/aromatic N) is 4. The van der Waals surface area contributed by atoms with Crippen molar-refractivity contribution in [3.8, 4) is 5.69 Å². The second-order valence-electron chi connectivity index (χ2n) is 8.93. The van der Waals surface area contributed by atoms with Gasteiger partial charge in [0, 0.05) is 11.5 Å². The average Bonchev–Trinajstić information content (AvgIpc) is 3.32. The zero-order valence-corrected chi connectivity index (χ0v) is 17.4. The van der Waals surface area contributed by atoms with Gasteiger partial charge < -0.3 is 4.57 Å². The lowest BCUT2D eigenvalue weighted by atomic mass is 9.91. The molecule has 4 rings (SSSR count). The lowest BCUT2D eigenvalue weighted by molar-refractivity contribution is -0.126. The van der Waals surface area contributed by atoms with Gasteiger partial charge in [0.1, 0.15) is 5.82 Å². The first-order valence-electron chi connectivity index (χ1n) is 10.2. The van der Waals surface area contributed by atoms with Crippen LogP contribution in [-0.4, -0.2) is 24.5 Å². The molecule has 0 aliphatic heterocycles. The van der Waals surface area contributed by atoms with Crippen LogP contribution in [0.4, 0.5) is 4.39 Å². The van der Waals surface area contributed by atoms with E-state index in [4.69, 9.17) is 0 Å². The second-order valence-corrected chi connectivity index (χ2v) is 8.93. The molecule has 1 aliphatic carbocycles. The van der Waals surface area contributed by atoms with Gasteiger partial charge in [-0.1, -0.05) is 39.7 Å². The summed E-state index contributed by atoms with van der Waals surface area (Å²) in [6.07, 6.45) is 4.76. The Balaban J connectivity index is 2.02. The molecular weight excluding hydrogens is 387 g/mol. The van der Waals surface area contributed by atoms with Crippen molar-refractivity contribution in [2.75, 3.05) is 0 Å². The lowest BCUT2D eigenvalue weighted by Crippen LogP contribution is -2.42. The van der Waals surface area contributed by atoms with Crippen LogP contribution in [0.5, 0.6) is 0 Å². The first kappa shape index (κ1) is 20.3. The van der Waals surface area contributed by atoms with Crippen molar-refractivity contribution < 1.29 is 9.18 Å². The summed E-state index contributed by atoms with van der Waals surface area (Å²) in [4.78, 5) is 43.7. The van der Waals surface area contributed by atoms with Gasteiger partial charge in [-0.05, 0) is 31.0 Å². The van der Waals surface area contributed by atoms with Gasteiger partial charge in [-0.3, -0.25) is 14.2 Å². The number of Topliss-reactive ketones (excluding diaryl/α,β-unsaturated/α-hetero) is 1. The number of halogens is 1. The average molecular weight is 412 g/mol. The minimum Gasteiger partial charge on any atom is -0.317 e. The molecule has 1 saturated carbocycles. The quantitative estimate of drug-likeness (QED) is 0.659. The molecule has 2 heterocycles. The van der Waals surface area contributed by atoms with E-state index in [1.54, 1.807) is 6.07 Å². The SMILES string of the molecule is CC(C)(C)C(=O)Cn1cnc2c1c(=O)n(C1CCCC1)c(=O)n2-c1cccc(F)c1. The highest BCUT2D eigenvalue weighted by molar-refractivity contribution is 5.85. The Morgan fingerprint density at radius 1 is 1.20 bits per heavy atom. The maximum absolute atomic E-state index is 13.9. The predicted octanol–water partition coefficient (Wildman–Crippen LogP) is 3.22. The van der Waals surface area contributed by atoms with Crippen LogP contribution in [0, 0.1) is 11.2 Å². The molecule has 2 aromatic heterocycles. The van der Waals surface area contributed by atoms with E-state index < -0.39 is 22.5 Å². The van der Waals surface area contributed by atoms with Gasteiger partial charge in [0.25, 0.3) is 5.56 Å². The van der Waals surface area contributed by atoms with Crippen LogP contribution in [0.15, 0.2) is 40.2 Å². The molecule has 7 nitrogen and oxygen atoms in total. The van der Waals surface area contributed by atoms with Gasteiger partial charge in [0.15, 0.2) is 16.9 Å². The van der Waals surface area contributed by atoms with Gasteiger partial charge in [0.2, 0.25) is 0 Å². The molecular formula is C22H25FN4O3. The van der Waals surface area contributed by atoms with Crippen LogP contribution in [0.2, 0.25) is 0 Å². The van der Waals surface area contributed by atoms with Crippen molar-refractivity contribution >= 4 is 16.9 Å². The molecule has 8 heteroatoms. The zero-order chi connectivity index (χ0) is 21.6. The number of carbonyl (C=O) groups excluding carboxylic acids is 1. The third-order valence-electron chi connectivity index (χ3n) is 5.76. The Bertz CT molecular complexity index is 1240. The molecule has 30 heavy (non-hydrogen) atoms. The van der Waals surface area contributed by atoms with Gasteiger partial charge in [-0.2, -0.15) is 0 Å². The number of rotatable bonds is 4. The molecule has 0 N–H and O–H groups in total. The molecule has 0 bridgehead atoms. The number of hydrogen-bond donors (Lipinski definition) is 0. The summed E-state index contributed by atoms with van der Waals surface area (Å²) in [7, 11) is 0. The third kappa shape index (κ3) is 3.40. The molecule has 0 spiro atoms. The highest BCUT2D eigenvalue weighted by atomic mass is 19.1. The van der Waals surface area contributed by atoms with Crippen molar-refractivity contribution in [1.29, 1.82) is 0 Å². The molecule has 1 aliphatic rings. The van der Waals surface area contributed by atoms with Crippen molar-refractivity contribution in [1.82, 2.24) is 18.7 Å². The zero-order valence-electron chi connectivity index (χ0n) is 17.4.